The van der Waals surface area contributed by atoms with Gasteiger partial charge < -0.3 is 14.6 Å². The molecule has 5 rings (SSSR count). The molecule has 0 spiro atoms. The summed E-state index contributed by atoms with van der Waals surface area (Å²) in [7, 11) is -2.71. The van der Waals surface area contributed by atoms with Gasteiger partial charge in [0.1, 0.15) is 22.0 Å². The lowest BCUT2D eigenvalue weighted by Crippen LogP contribution is -2.46. The van der Waals surface area contributed by atoms with Gasteiger partial charge in [-0.05, 0) is 48.4 Å². The van der Waals surface area contributed by atoms with E-state index < -0.39 is 21.6 Å². The number of sulfonamides is 1. The molecule has 1 aliphatic carbocycles. The summed E-state index contributed by atoms with van der Waals surface area (Å²) in [5.74, 6) is 1.15. The molecule has 2 N–H and O–H groups in total. The van der Waals surface area contributed by atoms with Crippen molar-refractivity contribution in [1.82, 2.24) is 19.6 Å². The molecule has 0 radical (unpaired) electrons. The zero-order valence-corrected chi connectivity index (χ0v) is 21.9. The molecule has 0 aliphatic heterocycles. The number of rotatable bonds is 7. The summed E-state index contributed by atoms with van der Waals surface area (Å²) in [6.07, 6.45) is 3.96. The number of carbonyl (C=O) groups is 1. The first-order valence-electron chi connectivity index (χ1n) is 11.3. The van der Waals surface area contributed by atoms with Crippen molar-refractivity contribution in [3.8, 4) is 11.4 Å². The predicted octanol–water partition coefficient (Wildman–Crippen LogP) is 5.26. The molecular formula is C26H22Cl2N4O4S. The number of hydrogen-bond acceptors (Lipinski definition) is 5. The second kappa shape index (κ2) is 9.74. The molecule has 1 saturated carbocycles. The lowest BCUT2D eigenvalue weighted by molar-refractivity contribution is 0.239. The quantitative estimate of drug-likeness (QED) is 0.323. The minimum Gasteiger partial charge on any atom is -0.497 e. The second-order valence-corrected chi connectivity index (χ2v) is 11.0. The highest BCUT2D eigenvalue weighted by Gasteiger charge is 2.60. The van der Waals surface area contributed by atoms with Crippen LogP contribution in [0.5, 0.6) is 5.75 Å². The van der Waals surface area contributed by atoms with Gasteiger partial charge in [-0.2, -0.15) is 0 Å². The number of amides is 2. The van der Waals surface area contributed by atoms with Crippen LogP contribution >= 0.6 is 23.2 Å². The number of nitrogens with zero attached hydrogens (tertiary/aromatic N) is 2. The molecule has 3 aromatic carbocycles. The molecule has 1 fully saturated rings. The van der Waals surface area contributed by atoms with E-state index in [1.54, 1.807) is 19.5 Å². The largest absolute Gasteiger partial charge is 0.497 e. The molecule has 11 heteroatoms. The van der Waals surface area contributed by atoms with E-state index in [0.717, 1.165) is 11.3 Å². The van der Waals surface area contributed by atoms with Crippen LogP contribution in [0.15, 0.2) is 90.1 Å². The molecular weight excluding hydrogens is 535 g/mol. The molecule has 8 nitrogen and oxygen atoms in total. The molecule has 2 amide bonds. The van der Waals surface area contributed by atoms with E-state index in [4.69, 9.17) is 27.9 Å². The summed E-state index contributed by atoms with van der Waals surface area (Å²) in [6, 6.07) is 20.4. The van der Waals surface area contributed by atoms with Crippen molar-refractivity contribution in [3.05, 3.63) is 107 Å². The van der Waals surface area contributed by atoms with Crippen LogP contribution in [0.4, 0.5) is 4.79 Å². The van der Waals surface area contributed by atoms with Crippen LogP contribution in [-0.2, 0) is 15.6 Å². The summed E-state index contributed by atoms with van der Waals surface area (Å²) in [4.78, 5) is 17.4. The zero-order chi connectivity index (χ0) is 26.2. The standard InChI is InChI=1S/C26H22Cl2N4O4S/c1-36-19-12-10-18(11-13-19)32-15-14-29-24(32)26(16-20(26)17-6-3-2-4-7-17)30-25(33)31-37(34,35)22-9-5-8-21(27)23(22)28/h2-15,20H,16H2,1H3,(H2,30,31,33)/t20-,26-/m1/s1. The molecule has 0 bridgehead atoms. The number of benzene rings is 3. The maximum absolute atomic E-state index is 13.2. The van der Waals surface area contributed by atoms with Crippen molar-refractivity contribution >= 4 is 39.3 Å². The number of halogens is 2. The molecule has 1 aromatic heterocycles. The molecule has 2 atom stereocenters. The van der Waals surface area contributed by atoms with Crippen LogP contribution in [0, 0.1) is 0 Å². The summed E-state index contributed by atoms with van der Waals surface area (Å²) in [6.45, 7) is 0. The van der Waals surface area contributed by atoms with E-state index in [1.165, 1.54) is 18.2 Å². The summed E-state index contributed by atoms with van der Waals surface area (Å²) < 4.78 is 35.1. The normalized spacial score (nSPS) is 18.7. The minimum absolute atomic E-state index is 0.0641. The van der Waals surface area contributed by atoms with Gasteiger partial charge in [0, 0.05) is 24.0 Å². The average Bonchev–Trinajstić information content (AvgIpc) is 3.38. The Labute approximate surface area is 224 Å². The first-order chi connectivity index (χ1) is 17.7. The van der Waals surface area contributed by atoms with E-state index in [-0.39, 0.29) is 20.9 Å². The number of carbonyl (C=O) groups excluding carboxylic acids is 1. The van der Waals surface area contributed by atoms with Crippen molar-refractivity contribution in [2.75, 3.05) is 7.11 Å². The Morgan fingerprint density at radius 2 is 1.78 bits per heavy atom. The van der Waals surface area contributed by atoms with Crippen molar-refractivity contribution in [2.24, 2.45) is 0 Å². The van der Waals surface area contributed by atoms with Gasteiger partial charge in [-0.15, -0.1) is 0 Å². The molecule has 0 saturated heterocycles. The molecule has 0 unspecified atom stereocenters. The third-order valence-electron chi connectivity index (χ3n) is 6.32. The van der Waals surface area contributed by atoms with Crippen molar-refractivity contribution < 1.29 is 17.9 Å². The highest BCUT2D eigenvalue weighted by Crippen LogP contribution is 2.58. The van der Waals surface area contributed by atoms with Gasteiger partial charge in [0.05, 0.1) is 17.2 Å². The Morgan fingerprint density at radius 1 is 1.05 bits per heavy atom. The van der Waals surface area contributed by atoms with Gasteiger partial charge in [-0.1, -0.05) is 59.6 Å². The van der Waals surface area contributed by atoms with E-state index in [1.807, 2.05) is 59.2 Å². The maximum atomic E-state index is 13.2. The van der Waals surface area contributed by atoms with Gasteiger partial charge >= 0.3 is 6.03 Å². The zero-order valence-electron chi connectivity index (χ0n) is 19.6. The topological polar surface area (TPSA) is 102 Å². The van der Waals surface area contributed by atoms with Gasteiger partial charge in [-0.25, -0.2) is 22.9 Å². The first kappa shape index (κ1) is 25.1. The minimum atomic E-state index is -4.30. The highest BCUT2D eigenvalue weighted by atomic mass is 35.5. The van der Waals surface area contributed by atoms with Crippen LogP contribution in [0.1, 0.15) is 23.7 Å². The predicted molar refractivity (Wildman–Crippen MR) is 141 cm³/mol. The lowest BCUT2D eigenvalue weighted by atomic mass is 10.1. The fraction of sp³-hybridized carbons (Fsp3) is 0.154. The molecule has 37 heavy (non-hydrogen) atoms. The van der Waals surface area contributed by atoms with Gasteiger partial charge in [0.25, 0.3) is 10.0 Å². The van der Waals surface area contributed by atoms with Gasteiger partial charge in [-0.3, -0.25) is 0 Å². The smallest absolute Gasteiger partial charge is 0.329 e. The fourth-order valence-electron chi connectivity index (χ4n) is 4.47. The molecule has 1 heterocycles. The Bertz CT molecular complexity index is 1560. The Kier molecular flexibility index (Phi) is 6.61. The molecule has 190 valence electrons. The second-order valence-electron chi connectivity index (χ2n) is 8.57. The van der Waals surface area contributed by atoms with Crippen LogP contribution in [-0.4, -0.2) is 31.1 Å². The summed E-state index contributed by atoms with van der Waals surface area (Å²) in [5, 5.41) is 2.80. The lowest BCUT2D eigenvalue weighted by Gasteiger charge is -2.22. The highest BCUT2D eigenvalue weighted by molar-refractivity contribution is 7.90. The van der Waals surface area contributed by atoms with Crippen LogP contribution in [0.3, 0.4) is 0 Å². The number of imidazole rings is 1. The third kappa shape index (κ3) is 4.77. The number of nitrogens with one attached hydrogen (secondary N) is 2. The fourth-order valence-corrected chi connectivity index (χ4v) is 6.14. The Morgan fingerprint density at radius 3 is 2.49 bits per heavy atom. The van der Waals surface area contributed by atoms with Crippen LogP contribution in [0.25, 0.3) is 5.69 Å². The van der Waals surface area contributed by atoms with Crippen LogP contribution in [0.2, 0.25) is 10.0 Å². The van der Waals surface area contributed by atoms with Crippen molar-refractivity contribution in [1.29, 1.82) is 0 Å². The number of methoxy groups -OCH3 is 1. The summed E-state index contributed by atoms with van der Waals surface area (Å²) in [5.41, 5.74) is 0.849. The van der Waals surface area contributed by atoms with E-state index in [9.17, 15) is 13.2 Å². The monoisotopic (exact) mass is 556 g/mol. The number of aromatic nitrogens is 2. The van der Waals surface area contributed by atoms with E-state index >= 15 is 0 Å². The van der Waals surface area contributed by atoms with Crippen molar-refractivity contribution in [2.45, 2.75) is 22.8 Å². The Hall–Kier alpha value is -3.53. The van der Waals surface area contributed by atoms with Gasteiger partial charge in [0.15, 0.2) is 0 Å². The number of ether oxygens (including phenoxy) is 1. The number of hydrogen-bond donors (Lipinski definition) is 2. The SMILES string of the molecule is COc1ccc(-n2ccnc2[C@@]2(NC(=O)NS(=O)(=O)c3cccc(Cl)c3Cl)C[C@@H]2c2ccccc2)cc1. The van der Waals surface area contributed by atoms with E-state index in [0.29, 0.717) is 18.0 Å². The maximum Gasteiger partial charge on any atom is 0.329 e. The number of urea groups is 1. The van der Waals surface area contributed by atoms with E-state index in [2.05, 4.69) is 15.0 Å². The van der Waals surface area contributed by atoms with Crippen LogP contribution < -0.4 is 14.8 Å². The third-order valence-corrected chi connectivity index (χ3v) is 8.63. The first-order valence-corrected chi connectivity index (χ1v) is 13.5. The summed E-state index contributed by atoms with van der Waals surface area (Å²) >= 11 is 12.1. The van der Waals surface area contributed by atoms with Gasteiger partial charge in [0.2, 0.25) is 0 Å². The molecule has 4 aromatic rings. The molecule has 1 aliphatic rings. The Balaban J connectivity index is 1.49. The average molecular weight is 557 g/mol. The van der Waals surface area contributed by atoms with Crippen molar-refractivity contribution in [3.63, 3.8) is 0 Å².